The maximum absolute atomic E-state index is 13.1. The maximum Gasteiger partial charge on any atom is 0.326 e. The maximum atomic E-state index is 13.1. The Morgan fingerprint density at radius 2 is 1.39 bits per heavy atom. The Morgan fingerprint density at radius 3 is 1.97 bits per heavy atom. The SMILES string of the molecule is COc1cc(NC(=O)C(OC(=O)CNC(=O)c2ccccc2)c2ccccc2)cc(OC)c1. The molecular weight excluding hydrogens is 424 g/mol. The summed E-state index contributed by atoms with van der Waals surface area (Å²) in [5.74, 6) is -0.773. The van der Waals surface area contributed by atoms with Gasteiger partial charge in [-0.05, 0) is 12.1 Å². The molecule has 8 nitrogen and oxygen atoms in total. The highest BCUT2D eigenvalue weighted by atomic mass is 16.5. The smallest absolute Gasteiger partial charge is 0.326 e. The van der Waals surface area contributed by atoms with Crippen molar-refractivity contribution in [1.29, 1.82) is 0 Å². The van der Waals surface area contributed by atoms with Crippen LogP contribution in [0.1, 0.15) is 22.0 Å². The topological polar surface area (TPSA) is 103 Å². The van der Waals surface area contributed by atoms with Crippen molar-refractivity contribution >= 4 is 23.5 Å². The molecule has 0 spiro atoms. The highest BCUT2D eigenvalue weighted by Gasteiger charge is 2.25. The molecular formula is C25H24N2O6. The van der Waals surface area contributed by atoms with Gasteiger partial charge in [-0.15, -0.1) is 0 Å². The van der Waals surface area contributed by atoms with Crippen molar-refractivity contribution < 1.29 is 28.6 Å². The van der Waals surface area contributed by atoms with Gasteiger partial charge < -0.3 is 24.8 Å². The fourth-order valence-corrected chi connectivity index (χ4v) is 3.01. The van der Waals surface area contributed by atoms with Crippen molar-refractivity contribution in [2.45, 2.75) is 6.10 Å². The predicted octanol–water partition coefficient (Wildman–Crippen LogP) is 3.36. The van der Waals surface area contributed by atoms with Crippen LogP contribution in [0.25, 0.3) is 0 Å². The van der Waals surface area contributed by atoms with Crippen LogP contribution in [0, 0.1) is 0 Å². The number of esters is 1. The van der Waals surface area contributed by atoms with Crippen molar-refractivity contribution in [3.63, 3.8) is 0 Å². The lowest BCUT2D eigenvalue weighted by atomic mass is 10.1. The average Bonchev–Trinajstić information content (AvgIpc) is 2.86. The Hall–Kier alpha value is -4.33. The van der Waals surface area contributed by atoms with Gasteiger partial charge in [-0.3, -0.25) is 14.4 Å². The molecule has 0 radical (unpaired) electrons. The molecule has 1 unspecified atom stereocenters. The first kappa shape index (κ1) is 23.3. The number of nitrogens with one attached hydrogen (secondary N) is 2. The Balaban J connectivity index is 1.72. The number of anilines is 1. The number of carbonyl (C=O) groups is 3. The summed E-state index contributed by atoms with van der Waals surface area (Å²) in [6, 6.07) is 22.0. The lowest BCUT2D eigenvalue weighted by Gasteiger charge is -2.19. The van der Waals surface area contributed by atoms with E-state index in [9.17, 15) is 14.4 Å². The molecule has 0 aliphatic heterocycles. The highest BCUT2D eigenvalue weighted by molar-refractivity contribution is 5.98. The molecule has 0 aliphatic carbocycles. The first-order valence-electron chi connectivity index (χ1n) is 10.1. The van der Waals surface area contributed by atoms with Crippen LogP contribution in [-0.2, 0) is 14.3 Å². The third-order valence-electron chi connectivity index (χ3n) is 4.64. The normalized spacial score (nSPS) is 11.1. The Labute approximate surface area is 191 Å². The van der Waals surface area contributed by atoms with Gasteiger partial charge in [-0.25, -0.2) is 0 Å². The first-order valence-corrected chi connectivity index (χ1v) is 10.1. The molecule has 0 bridgehead atoms. The number of hydrogen-bond donors (Lipinski definition) is 2. The minimum atomic E-state index is -1.23. The van der Waals surface area contributed by atoms with E-state index in [1.165, 1.54) is 14.2 Å². The fraction of sp³-hybridized carbons (Fsp3) is 0.160. The van der Waals surface area contributed by atoms with E-state index in [0.29, 0.717) is 28.3 Å². The van der Waals surface area contributed by atoms with Crippen LogP contribution < -0.4 is 20.1 Å². The van der Waals surface area contributed by atoms with Gasteiger partial charge in [0.05, 0.1) is 14.2 Å². The average molecular weight is 448 g/mol. The zero-order valence-electron chi connectivity index (χ0n) is 18.2. The van der Waals surface area contributed by atoms with Crippen LogP contribution in [0.15, 0.2) is 78.9 Å². The number of carbonyl (C=O) groups excluding carboxylic acids is 3. The summed E-state index contributed by atoms with van der Waals surface area (Å²) in [4.78, 5) is 37.7. The number of methoxy groups -OCH3 is 2. The van der Waals surface area contributed by atoms with E-state index < -0.39 is 30.4 Å². The Kier molecular flexibility index (Phi) is 8.02. The van der Waals surface area contributed by atoms with E-state index in [1.54, 1.807) is 78.9 Å². The van der Waals surface area contributed by atoms with Crippen molar-refractivity contribution in [3.05, 3.63) is 90.0 Å². The molecule has 0 fully saturated rings. The zero-order valence-corrected chi connectivity index (χ0v) is 18.2. The number of ether oxygens (including phenoxy) is 3. The molecule has 0 saturated carbocycles. The quantitative estimate of drug-likeness (QED) is 0.487. The Bertz CT molecular complexity index is 1080. The van der Waals surface area contributed by atoms with E-state index in [4.69, 9.17) is 14.2 Å². The van der Waals surface area contributed by atoms with Crippen LogP contribution in [-0.4, -0.2) is 38.5 Å². The molecule has 3 aromatic rings. The minimum absolute atomic E-state index is 0.392. The van der Waals surface area contributed by atoms with Crippen LogP contribution in [0.4, 0.5) is 5.69 Å². The van der Waals surface area contributed by atoms with E-state index in [2.05, 4.69) is 10.6 Å². The van der Waals surface area contributed by atoms with E-state index in [0.717, 1.165) is 0 Å². The molecule has 0 heterocycles. The van der Waals surface area contributed by atoms with E-state index >= 15 is 0 Å². The number of hydrogen-bond acceptors (Lipinski definition) is 6. The summed E-state index contributed by atoms with van der Waals surface area (Å²) < 4.78 is 15.9. The predicted molar refractivity (Wildman–Crippen MR) is 122 cm³/mol. The van der Waals surface area contributed by atoms with Gasteiger partial charge in [0, 0.05) is 35.0 Å². The van der Waals surface area contributed by atoms with Crippen LogP contribution in [0.2, 0.25) is 0 Å². The molecule has 2 N–H and O–H groups in total. The molecule has 0 aliphatic rings. The molecule has 2 amide bonds. The third-order valence-corrected chi connectivity index (χ3v) is 4.64. The largest absolute Gasteiger partial charge is 0.497 e. The fourth-order valence-electron chi connectivity index (χ4n) is 3.01. The summed E-state index contributed by atoms with van der Waals surface area (Å²) >= 11 is 0. The van der Waals surface area contributed by atoms with E-state index in [1.807, 2.05) is 0 Å². The van der Waals surface area contributed by atoms with Crippen LogP contribution >= 0.6 is 0 Å². The third kappa shape index (κ3) is 6.57. The summed E-state index contributed by atoms with van der Waals surface area (Å²) in [5, 5.41) is 5.22. The van der Waals surface area contributed by atoms with Gasteiger partial charge in [0.2, 0.25) is 6.10 Å². The van der Waals surface area contributed by atoms with Crippen LogP contribution in [0.5, 0.6) is 11.5 Å². The molecule has 33 heavy (non-hydrogen) atoms. The Morgan fingerprint density at radius 1 is 0.818 bits per heavy atom. The van der Waals surface area contributed by atoms with Gasteiger partial charge in [0.15, 0.2) is 0 Å². The second-order valence-electron chi connectivity index (χ2n) is 6.92. The van der Waals surface area contributed by atoms with Crippen molar-refractivity contribution in [1.82, 2.24) is 5.32 Å². The summed E-state index contributed by atoms with van der Waals surface area (Å²) in [5.41, 5.74) is 1.30. The lowest BCUT2D eigenvalue weighted by Crippen LogP contribution is -2.33. The van der Waals surface area contributed by atoms with Crippen molar-refractivity contribution in [2.24, 2.45) is 0 Å². The summed E-state index contributed by atoms with van der Waals surface area (Å²) in [7, 11) is 3.00. The summed E-state index contributed by atoms with van der Waals surface area (Å²) in [6.07, 6.45) is -1.23. The molecule has 8 heteroatoms. The van der Waals surface area contributed by atoms with Gasteiger partial charge in [-0.1, -0.05) is 48.5 Å². The lowest BCUT2D eigenvalue weighted by molar-refractivity contribution is -0.153. The first-order chi connectivity index (χ1) is 16.0. The molecule has 3 aromatic carbocycles. The molecule has 0 saturated heterocycles. The van der Waals surface area contributed by atoms with Gasteiger partial charge in [0.1, 0.15) is 18.0 Å². The van der Waals surface area contributed by atoms with Gasteiger partial charge in [-0.2, -0.15) is 0 Å². The highest BCUT2D eigenvalue weighted by Crippen LogP contribution is 2.27. The van der Waals surface area contributed by atoms with Gasteiger partial charge >= 0.3 is 5.97 Å². The minimum Gasteiger partial charge on any atom is -0.497 e. The van der Waals surface area contributed by atoms with Crippen molar-refractivity contribution in [3.8, 4) is 11.5 Å². The summed E-state index contributed by atoms with van der Waals surface area (Å²) in [6.45, 7) is -0.392. The molecule has 0 aromatic heterocycles. The molecule has 170 valence electrons. The van der Waals surface area contributed by atoms with Crippen LogP contribution in [0.3, 0.4) is 0 Å². The van der Waals surface area contributed by atoms with E-state index in [-0.39, 0.29) is 0 Å². The second-order valence-corrected chi connectivity index (χ2v) is 6.92. The second kappa shape index (κ2) is 11.3. The monoisotopic (exact) mass is 448 g/mol. The number of rotatable bonds is 9. The zero-order chi connectivity index (χ0) is 23.6. The molecule has 3 rings (SSSR count). The standard InChI is InChI=1S/C25H24N2O6/c1-31-20-13-19(14-21(15-20)32-2)27-25(30)23(17-9-5-3-6-10-17)33-22(28)16-26-24(29)18-11-7-4-8-12-18/h3-15,23H,16H2,1-2H3,(H,26,29)(H,27,30). The number of amides is 2. The molecule has 1 atom stereocenters. The number of benzene rings is 3. The van der Waals surface area contributed by atoms with Crippen molar-refractivity contribution in [2.75, 3.05) is 26.1 Å². The van der Waals surface area contributed by atoms with Gasteiger partial charge in [0.25, 0.3) is 11.8 Å².